The second-order valence-corrected chi connectivity index (χ2v) is 9.85. The van der Waals surface area contributed by atoms with Crippen molar-refractivity contribution in [3.05, 3.63) is 17.7 Å². The van der Waals surface area contributed by atoms with E-state index < -0.39 is 14.0 Å². The summed E-state index contributed by atoms with van der Waals surface area (Å²) >= 11 is 0. The van der Waals surface area contributed by atoms with Crippen molar-refractivity contribution in [1.29, 1.82) is 0 Å². The summed E-state index contributed by atoms with van der Waals surface area (Å²) in [6.45, 7) is 6.29. The quantitative estimate of drug-likeness (QED) is 0.834. The van der Waals surface area contributed by atoms with Crippen LogP contribution in [0.5, 0.6) is 11.5 Å². The van der Waals surface area contributed by atoms with Gasteiger partial charge in [0.25, 0.3) is 0 Å². The molecule has 1 aromatic carbocycles. The second-order valence-electron chi connectivity index (χ2n) is 4.81. The standard InChI is InChI=1S/C12H18O4Si/c1-15-9-6-8(12(13)14)11(17(3,4)5)7-10(9)16-2/h6-7H,1-5H3,(H,13,14). The first-order valence-corrected chi connectivity index (χ1v) is 8.81. The highest BCUT2D eigenvalue weighted by molar-refractivity contribution is 6.89. The van der Waals surface area contributed by atoms with Gasteiger partial charge in [0.1, 0.15) is 0 Å². The lowest BCUT2D eigenvalue weighted by Gasteiger charge is -2.21. The van der Waals surface area contributed by atoms with Gasteiger partial charge in [-0.1, -0.05) is 19.6 Å². The van der Waals surface area contributed by atoms with Crippen LogP contribution >= 0.6 is 0 Å². The molecule has 0 saturated carbocycles. The molecule has 1 aromatic rings. The van der Waals surface area contributed by atoms with Crippen molar-refractivity contribution in [2.45, 2.75) is 19.6 Å². The lowest BCUT2D eigenvalue weighted by Crippen LogP contribution is -2.41. The molecule has 94 valence electrons. The Labute approximate surface area is 102 Å². The van der Waals surface area contributed by atoms with Gasteiger partial charge in [-0.25, -0.2) is 4.79 Å². The number of hydrogen-bond acceptors (Lipinski definition) is 3. The first kappa shape index (κ1) is 13.6. The van der Waals surface area contributed by atoms with Crippen LogP contribution in [0.2, 0.25) is 19.6 Å². The molecule has 1 N–H and O–H groups in total. The van der Waals surface area contributed by atoms with Crippen LogP contribution in [0.3, 0.4) is 0 Å². The van der Waals surface area contributed by atoms with E-state index >= 15 is 0 Å². The van der Waals surface area contributed by atoms with Crippen molar-refractivity contribution in [3.8, 4) is 11.5 Å². The number of carboxylic acids is 1. The van der Waals surface area contributed by atoms with E-state index in [0.717, 1.165) is 5.19 Å². The average Bonchev–Trinajstić information content (AvgIpc) is 2.25. The third-order valence-corrected chi connectivity index (χ3v) is 4.59. The van der Waals surface area contributed by atoms with Crippen LogP contribution in [0, 0.1) is 0 Å². The number of rotatable bonds is 4. The van der Waals surface area contributed by atoms with Crippen LogP contribution in [-0.2, 0) is 0 Å². The molecule has 0 spiro atoms. The lowest BCUT2D eigenvalue weighted by molar-refractivity contribution is 0.0698. The maximum Gasteiger partial charge on any atom is 0.335 e. The highest BCUT2D eigenvalue weighted by atomic mass is 28.3. The maximum absolute atomic E-state index is 11.3. The molecule has 0 unspecified atom stereocenters. The number of carboxylic acid groups (broad SMARTS) is 1. The van der Waals surface area contributed by atoms with E-state index in [2.05, 4.69) is 19.6 Å². The summed E-state index contributed by atoms with van der Waals surface area (Å²) in [4.78, 5) is 11.3. The molecule has 0 heterocycles. The molecule has 0 fully saturated rings. The van der Waals surface area contributed by atoms with Crippen LogP contribution in [-0.4, -0.2) is 33.4 Å². The molecule has 0 amide bonds. The number of ether oxygens (including phenoxy) is 2. The first-order valence-electron chi connectivity index (χ1n) is 5.31. The largest absolute Gasteiger partial charge is 0.493 e. The number of benzene rings is 1. The van der Waals surface area contributed by atoms with Crippen LogP contribution in [0.4, 0.5) is 0 Å². The molecule has 0 aliphatic rings. The fraction of sp³-hybridized carbons (Fsp3) is 0.417. The van der Waals surface area contributed by atoms with E-state index in [9.17, 15) is 9.90 Å². The minimum Gasteiger partial charge on any atom is -0.493 e. The summed E-state index contributed by atoms with van der Waals surface area (Å²) in [5, 5.41) is 10.1. The minimum atomic E-state index is -1.74. The number of aromatic carboxylic acids is 1. The van der Waals surface area contributed by atoms with Gasteiger partial charge < -0.3 is 14.6 Å². The minimum absolute atomic E-state index is 0.307. The average molecular weight is 254 g/mol. The Morgan fingerprint density at radius 2 is 1.59 bits per heavy atom. The van der Waals surface area contributed by atoms with E-state index in [1.807, 2.05) is 0 Å². The smallest absolute Gasteiger partial charge is 0.335 e. The lowest BCUT2D eigenvalue weighted by atomic mass is 10.2. The Balaban J connectivity index is 3.52. The van der Waals surface area contributed by atoms with Crippen molar-refractivity contribution in [3.63, 3.8) is 0 Å². The summed E-state index contributed by atoms with van der Waals surface area (Å²) in [5.74, 6) is 0.102. The van der Waals surface area contributed by atoms with Crippen LogP contribution in [0.25, 0.3) is 0 Å². The Bertz CT molecular complexity index is 435. The molecule has 1 rings (SSSR count). The van der Waals surface area contributed by atoms with Crippen LogP contribution < -0.4 is 14.7 Å². The normalized spacial score (nSPS) is 11.1. The van der Waals surface area contributed by atoms with Crippen molar-refractivity contribution in [2.75, 3.05) is 14.2 Å². The van der Waals surface area contributed by atoms with Crippen LogP contribution in [0.1, 0.15) is 10.4 Å². The third-order valence-electron chi connectivity index (χ3n) is 2.56. The summed E-state index contributed by atoms with van der Waals surface area (Å²) in [6.07, 6.45) is 0. The van der Waals surface area contributed by atoms with Gasteiger partial charge >= 0.3 is 5.97 Å². The van der Waals surface area contributed by atoms with Gasteiger partial charge in [-0.3, -0.25) is 0 Å². The molecule has 17 heavy (non-hydrogen) atoms. The topological polar surface area (TPSA) is 55.8 Å². The van der Waals surface area contributed by atoms with Gasteiger partial charge in [0.15, 0.2) is 11.5 Å². The van der Waals surface area contributed by atoms with Gasteiger partial charge in [0, 0.05) is 0 Å². The molecule has 0 aliphatic carbocycles. The zero-order chi connectivity index (χ0) is 13.2. The number of hydrogen-bond donors (Lipinski definition) is 1. The van der Waals surface area contributed by atoms with Crippen molar-refractivity contribution in [1.82, 2.24) is 0 Å². The molecule has 0 aliphatic heterocycles. The van der Waals surface area contributed by atoms with E-state index in [1.165, 1.54) is 13.2 Å². The van der Waals surface area contributed by atoms with Crippen molar-refractivity contribution < 1.29 is 19.4 Å². The molecule has 0 radical (unpaired) electrons. The first-order chi connectivity index (χ1) is 7.81. The highest BCUT2D eigenvalue weighted by Crippen LogP contribution is 2.28. The Morgan fingerprint density at radius 3 is 1.94 bits per heavy atom. The summed E-state index contributed by atoms with van der Waals surface area (Å²) < 4.78 is 10.3. The number of methoxy groups -OCH3 is 2. The van der Waals surface area contributed by atoms with Crippen LogP contribution in [0.15, 0.2) is 12.1 Å². The fourth-order valence-electron chi connectivity index (χ4n) is 1.68. The van der Waals surface area contributed by atoms with E-state index in [-0.39, 0.29) is 0 Å². The molecular formula is C12H18O4Si. The third kappa shape index (κ3) is 2.79. The predicted molar refractivity (Wildman–Crippen MR) is 69.5 cm³/mol. The predicted octanol–water partition coefficient (Wildman–Crippen LogP) is 1.95. The molecule has 0 aromatic heterocycles. The molecule has 5 heteroatoms. The Hall–Kier alpha value is -1.49. The highest BCUT2D eigenvalue weighted by Gasteiger charge is 2.26. The van der Waals surface area contributed by atoms with E-state index in [4.69, 9.17) is 9.47 Å². The van der Waals surface area contributed by atoms with Gasteiger partial charge in [0.2, 0.25) is 0 Å². The van der Waals surface area contributed by atoms with Crippen molar-refractivity contribution in [2.24, 2.45) is 0 Å². The number of carbonyl (C=O) groups is 1. The SMILES string of the molecule is COc1cc(C(=O)O)c([Si](C)(C)C)cc1OC. The van der Waals surface area contributed by atoms with E-state index in [1.54, 1.807) is 13.2 Å². The molecule has 0 saturated heterocycles. The fourth-order valence-corrected chi connectivity index (χ4v) is 3.23. The zero-order valence-electron chi connectivity index (χ0n) is 10.8. The van der Waals surface area contributed by atoms with Gasteiger partial charge in [-0.05, 0) is 17.3 Å². The Morgan fingerprint density at radius 1 is 1.12 bits per heavy atom. The van der Waals surface area contributed by atoms with E-state index in [0.29, 0.717) is 17.1 Å². The molecule has 0 atom stereocenters. The zero-order valence-corrected chi connectivity index (χ0v) is 11.8. The maximum atomic E-state index is 11.3. The monoisotopic (exact) mass is 254 g/mol. The summed E-state index contributed by atoms with van der Waals surface area (Å²) in [5.41, 5.74) is 0.307. The van der Waals surface area contributed by atoms with Gasteiger partial charge in [0.05, 0.1) is 27.9 Å². The summed E-state index contributed by atoms with van der Waals surface area (Å²) in [7, 11) is 1.31. The molecule has 4 nitrogen and oxygen atoms in total. The Kier molecular flexibility index (Phi) is 3.82. The molecular weight excluding hydrogens is 236 g/mol. The van der Waals surface area contributed by atoms with Gasteiger partial charge in [-0.15, -0.1) is 0 Å². The second kappa shape index (κ2) is 4.79. The summed E-state index contributed by atoms with van der Waals surface area (Å²) in [6, 6.07) is 3.32. The van der Waals surface area contributed by atoms with Gasteiger partial charge in [-0.2, -0.15) is 0 Å². The van der Waals surface area contributed by atoms with Crippen molar-refractivity contribution >= 4 is 19.2 Å². The molecule has 0 bridgehead atoms.